The SMILES string of the molecule is CCC(=O)NCCNC(=O)NC(N)=NCCC[C@@H](NC(=O)[C@H](c1ccc(OCCCN2CCNCC2)cc1)N1Cc2ccccc2C1)C(=O)NCc1c(F)cc(O)cc1F. The molecule has 324 valence electrons. The number of phenols is 1. The molecule has 3 aromatic carbocycles. The number of nitrogens with one attached hydrogen (secondary N) is 6. The first kappa shape index (κ1) is 45.2. The second-order valence-electron chi connectivity index (χ2n) is 14.6. The van der Waals surface area contributed by atoms with Crippen molar-refractivity contribution in [1.29, 1.82) is 0 Å². The van der Waals surface area contributed by atoms with Crippen molar-refractivity contribution in [2.24, 2.45) is 10.7 Å². The third kappa shape index (κ3) is 13.9. The number of urea groups is 1. The molecule has 18 heteroatoms. The Hall–Kier alpha value is -5.85. The number of carbonyl (C=O) groups excluding carboxylic acids is 4. The van der Waals surface area contributed by atoms with Crippen LogP contribution in [0.5, 0.6) is 11.5 Å². The molecule has 0 radical (unpaired) electrons. The lowest BCUT2D eigenvalue weighted by molar-refractivity contribution is -0.132. The van der Waals surface area contributed by atoms with Gasteiger partial charge in [-0.25, -0.2) is 13.6 Å². The van der Waals surface area contributed by atoms with E-state index in [9.17, 15) is 33.1 Å². The number of hydrogen-bond donors (Lipinski definition) is 8. The van der Waals surface area contributed by atoms with Crippen LogP contribution in [0.4, 0.5) is 13.6 Å². The quantitative estimate of drug-likeness (QED) is 0.0472. The summed E-state index contributed by atoms with van der Waals surface area (Å²) >= 11 is 0. The predicted molar refractivity (Wildman–Crippen MR) is 222 cm³/mol. The molecule has 0 spiro atoms. The van der Waals surface area contributed by atoms with Gasteiger partial charge in [-0.2, -0.15) is 0 Å². The second-order valence-corrected chi connectivity index (χ2v) is 14.6. The monoisotopic (exact) mass is 834 g/mol. The number of fused-ring (bicyclic) bond motifs is 1. The van der Waals surface area contributed by atoms with Gasteiger partial charge in [-0.3, -0.25) is 29.6 Å². The molecule has 0 aromatic heterocycles. The van der Waals surface area contributed by atoms with Gasteiger partial charge in [0.15, 0.2) is 5.96 Å². The molecule has 2 aliphatic rings. The topological polar surface area (TPSA) is 215 Å². The lowest BCUT2D eigenvalue weighted by Gasteiger charge is -2.29. The Morgan fingerprint density at radius 3 is 2.25 bits per heavy atom. The van der Waals surface area contributed by atoms with E-state index in [1.807, 2.05) is 53.4 Å². The summed E-state index contributed by atoms with van der Waals surface area (Å²) in [5.41, 5.74) is 8.27. The van der Waals surface area contributed by atoms with Crippen LogP contribution >= 0.6 is 0 Å². The van der Waals surface area contributed by atoms with Crippen LogP contribution in [0.15, 0.2) is 65.7 Å². The minimum atomic E-state index is -1.17. The van der Waals surface area contributed by atoms with E-state index in [1.54, 1.807) is 6.92 Å². The minimum absolute atomic E-state index is 0.0475. The molecule has 1 saturated heterocycles. The molecule has 9 N–H and O–H groups in total. The van der Waals surface area contributed by atoms with Gasteiger partial charge in [0.1, 0.15) is 35.2 Å². The van der Waals surface area contributed by atoms with Gasteiger partial charge in [-0.1, -0.05) is 43.3 Å². The smallest absolute Gasteiger partial charge is 0.321 e. The normalized spacial score (nSPS) is 15.3. The average molecular weight is 835 g/mol. The number of aliphatic imine (C=N–C) groups is 1. The van der Waals surface area contributed by atoms with Crippen molar-refractivity contribution in [3.63, 3.8) is 0 Å². The van der Waals surface area contributed by atoms with Gasteiger partial charge in [0.05, 0.1) is 6.61 Å². The Morgan fingerprint density at radius 2 is 1.58 bits per heavy atom. The van der Waals surface area contributed by atoms with E-state index in [-0.39, 0.29) is 44.3 Å². The number of piperazine rings is 1. The van der Waals surface area contributed by atoms with Crippen LogP contribution in [0.2, 0.25) is 0 Å². The lowest BCUT2D eigenvalue weighted by Crippen LogP contribution is -2.50. The number of nitrogens with zero attached hydrogens (tertiary/aromatic N) is 3. The van der Waals surface area contributed by atoms with E-state index in [0.717, 1.165) is 62.4 Å². The van der Waals surface area contributed by atoms with Gasteiger partial charge in [-0.15, -0.1) is 0 Å². The van der Waals surface area contributed by atoms with Gasteiger partial charge >= 0.3 is 6.03 Å². The van der Waals surface area contributed by atoms with Crippen molar-refractivity contribution in [2.45, 2.75) is 64.3 Å². The van der Waals surface area contributed by atoms with E-state index in [0.29, 0.717) is 37.4 Å². The highest BCUT2D eigenvalue weighted by atomic mass is 19.1. The molecule has 3 aromatic rings. The highest BCUT2D eigenvalue weighted by Gasteiger charge is 2.34. The average Bonchev–Trinajstić information content (AvgIpc) is 3.66. The molecule has 0 unspecified atom stereocenters. The zero-order valence-electron chi connectivity index (χ0n) is 33.9. The fourth-order valence-corrected chi connectivity index (χ4v) is 7.00. The molecule has 2 heterocycles. The molecule has 16 nitrogen and oxygen atoms in total. The molecule has 1 fully saturated rings. The minimum Gasteiger partial charge on any atom is -0.508 e. The van der Waals surface area contributed by atoms with Crippen LogP contribution < -0.4 is 42.4 Å². The first-order valence-electron chi connectivity index (χ1n) is 20.3. The van der Waals surface area contributed by atoms with Crippen LogP contribution in [0.25, 0.3) is 0 Å². The van der Waals surface area contributed by atoms with E-state index in [2.05, 4.69) is 41.8 Å². The van der Waals surface area contributed by atoms with Crippen molar-refractivity contribution in [2.75, 3.05) is 59.0 Å². The van der Waals surface area contributed by atoms with Crippen molar-refractivity contribution < 1.29 is 37.8 Å². The molecule has 0 saturated carbocycles. The third-order valence-electron chi connectivity index (χ3n) is 10.2. The fraction of sp³-hybridized carbons (Fsp3) is 0.452. The number of nitrogens with two attached hydrogens (primary N) is 1. The van der Waals surface area contributed by atoms with Crippen LogP contribution in [-0.2, 0) is 34.0 Å². The highest BCUT2D eigenvalue weighted by Crippen LogP contribution is 2.32. The van der Waals surface area contributed by atoms with Crippen LogP contribution in [-0.4, -0.2) is 110 Å². The highest BCUT2D eigenvalue weighted by molar-refractivity contribution is 5.95. The molecular weight excluding hydrogens is 779 g/mol. The van der Waals surface area contributed by atoms with E-state index < -0.39 is 59.4 Å². The van der Waals surface area contributed by atoms with Gasteiger partial charge < -0.3 is 47.1 Å². The van der Waals surface area contributed by atoms with Gasteiger partial charge in [0.2, 0.25) is 17.7 Å². The molecule has 0 aliphatic carbocycles. The fourth-order valence-electron chi connectivity index (χ4n) is 7.00. The number of hydrogen-bond acceptors (Lipinski definition) is 10. The lowest BCUT2D eigenvalue weighted by atomic mass is 10.0. The molecule has 5 rings (SSSR count). The Morgan fingerprint density at radius 1 is 0.917 bits per heavy atom. The maximum atomic E-state index is 14.6. The number of amides is 5. The Bertz CT molecular complexity index is 1900. The molecule has 2 aliphatic heterocycles. The first-order valence-corrected chi connectivity index (χ1v) is 20.3. The number of phenolic OH excluding ortho intramolecular Hbond substituents is 1. The summed E-state index contributed by atoms with van der Waals surface area (Å²) in [5, 5.41) is 25.9. The number of ether oxygens (including phenoxy) is 1. The molecular formula is C42H56F2N10O6. The zero-order chi connectivity index (χ0) is 42.9. The summed E-state index contributed by atoms with van der Waals surface area (Å²) in [7, 11) is 0. The Kier molecular flexibility index (Phi) is 17.4. The molecule has 0 bridgehead atoms. The number of benzene rings is 3. The molecule has 5 amide bonds. The zero-order valence-corrected chi connectivity index (χ0v) is 33.9. The summed E-state index contributed by atoms with van der Waals surface area (Å²) in [6, 6.07) is 14.1. The van der Waals surface area contributed by atoms with E-state index in [4.69, 9.17) is 10.5 Å². The Labute approximate surface area is 348 Å². The largest absolute Gasteiger partial charge is 0.508 e. The van der Waals surface area contributed by atoms with Gasteiger partial charge in [-0.05, 0) is 48.1 Å². The number of aromatic hydroxyl groups is 1. The maximum Gasteiger partial charge on any atom is 0.321 e. The van der Waals surface area contributed by atoms with E-state index >= 15 is 0 Å². The molecule has 2 atom stereocenters. The molecule has 60 heavy (non-hydrogen) atoms. The first-order chi connectivity index (χ1) is 29.0. The van der Waals surface area contributed by atoms with E-state index in [1.165, 1.54) is 0 Å². The number of halogens is 2. The summed E-state index contributed by atoms with van der Waals surface area (Å²) in [5.74, 6) is -3.51. The van der Waals surface area contributed by atoms with Crippen LogP contribution in [0, 0.1) is 11.6 Å². The van der Waals surface area contributed by atoms with Crippen LogP contribution in [0.3, 0.4) is 0 Å². The van der Waals surface area contributed by atoms with Crippen molar-refractivity contribution >= 4 is 29.7 Å². The Balaban J connectivity index is 1.26. The predicted octanol–water partition coefficient (Wildman–Crippen LogP) is 2.12. The number of guanidine groups is 1. The standard InChI is InChI=1S/C42H56F2N10O6/c1-2-37(56)47-15-16-49-42(59)52-41(45)48-14-5-9-36(39(57)50-25-33-34(43)23-31(55)24-35(33)44)51-40(58)38(54-26-29-7-3-4-8-30(29)27-54)28-10-12-32(13-11-28)60-22-6-19-53-20-17-46-18-21-53/h3-4,7-8,10-13,23-24,36,38,46,55H,2,5-6,9,14-22,25-27H2,1H3,(H,47,56)(H,50,57)(H,51,58)(H4,45,48,49,52,59)/t36-,38+/m1/s1. The summed E-state index contributed by atoms with van der Waals surface area (Å²) < 4.78 is 35.2. The van der Waals surface area contributed by atoms with Crippen molar-refractivity contribution in [3.8, 4) is 11.5 Å². The van der Waals surface area contributed by atoms with Crippen molar-refractivity contribution in [3.05, 3.63) is 94.6 Å². The van der Waals surface area contributed by atoms with Gasteiger partial charge in [0.25, 0.3) is 0 Å². The number of carbonyl (C=O) groups is 4. The van der Waals surface area contributed by atoms with Gasteiger partial charge in [0, 0.05) is 96.1 Å². The summed E-state index contributed by atoms with van der Waals surface area (Å²) in [4.78, 5) is 60.3. The summed E-state index contributed by atoms with van der Waals surface area (Å²) in [6.45, 7) is 8.08. The third-order valence-corrected chi connectivity index (χ3v) is 10.2. The number of rotatable bonds is 20. The van der Waals surface area contributed by atoms with Crippen molar-refractivity contribution in [1.82, 2.24) is 41.7 Å². The summed E-state index contributed by atoms with van der Waals surface area (Å²) in [6.07, 6.45) is 1.46. The maximum absolute atomic E-state index is 14.6. The van der Waals surface area contributed by atoms with Crippen LogP contribution in [0.1, 0.15) is 60.9 Å². The second kappa shape index (κ2) is 23.1.